The lowest BCUT2D eigenvalue weighted by molar-refractivity contribution is 1.29. The third-order valence-corrected chi connectivity index (χ3v) is 9.99. The summed E-state index contributed by atoms with van der Waals surface area (Å²) in [6.45, 7) is 0. The van der Waals surface area contributed by atoms with Crippen LogP contribution in [-0.2, 0) is 0 Å². The van der Waals surface area contributed by atoms with Crippen molar-refractivity contribution in [3.63, 3.8) is 0 Å². The van der Waals surface area contributed by atoms with Crippen LogP contribution in [0.2, 0.25) is 0 Å². The molecule has 9 aromatic rings. The minimum absolute atomic E-state index is 1.07. The molecule has 0 spiro atoms. The zero-order valence-electron chi connectivity index (χ0n) is 25.0. The van der Waals surface area contributed by atoms with Crippen LogP contribution in [0, 0.1) is 0 Å². The summed E-state index contributed by atoms with van der Waals surface area (Å²) in [5.41, 5.74) is 9.25. The second kappa shape index (κ2) is 11.0. The monoisotopic (exact) mass is 604 g/mol. The zero-order chi connectivity index (χ0) is 30.5. The lowest BCUT2D eigenvalue weighted by Gasteiger charge is -2.26. The van der Waals surface area contributed by atoms with Gasteiger partial charge in [-0.1, -0.05) is 97.1 Å². The predicted octanol–water partition coefficient (Wildman–Crippen LogP) is 12.6. The Labute approximate surface area is 271 Å². The molecule has 0 fully saturated rings. The number of hydrogen-bond acceptors (Lipinski definition) is 3. The number of hydrogen-bond donors (Lipinski definition) is 0. The van der Waals surface area contributed by atoms with E-state index in [1.165, 1.54) is 58.6 Å². The van der Waals surface area contributed by atoms with Crippen molar-refractivity contribution in [3.8, 4) is 22.3 Å². The van der Waals surface area contributed by atoms with E-state index in [2.05, 4.69) is 168 Å². The van der Waals surface area contributed by atoms with E-state index in [1.54, 1.807) is 11.3 Å². The molecule has 2 nitrogen and oxygen atoms in total. The summed E-state index contributed by atoms with van der Waals surface area (Å²) in [5, 5.41) is 6.22. The Morgan fingerprint density at radius 1 is 0.391 bits per heavy atom. The molecule has 216 valence electrons. The van der Waals surface area contributed by atoms with Crippen molar-refractivity contribution >= 4 is 70.2 Å². The molecule has 0 radical (unpaired) electrons. The van der Waals surface area contributed by atoms with Gasteiger partial charge in [-0.05, 0) is 111 Å². The highest BCUT2D eigenvalue weighted by Crippen LogP contribution is 2.41. The molecule has 3 heteroatoms. The fourth-order valence-electron chi connectivity index (χ4n) is 6.51. The maximum Gasteiger partial charge on any atom is 0.0888 e. The van der Waals surface area contributed by atoms with Gasteiger partial charge in [0.05, 0.1) is 10.2 Å². The highest BCUT2D eigenvalue weighted by molar-refractivity contribution is 7.25. The molecule has 0 N–H and O–H groups in total. The average molecular weight is 605 g/mol. The van der Waals surface area contributed by atoms with Crippen LogP contribution >= 0.6 is 11.3 Å². The third kappa shape index (κ3) is 4.70. The molecule has 0 saturated carbocycles. The second-order valence-electron chi connectivity index (χ2n) is 11.7. The number of fused-ring (bicyclic) bond motifs is 5. The molecule has 0 saturated heterocycles. The van der Waals surface area contributed by atoms with Gasteiger partial charge in [0, 0.05) is 33.3 Å². The van der Waals surface area contributed by atoms with Gasteiger partial charge in [0.1, 0.15) is 0 Å². The van der Waals surface area contributed by atoms with Gasteiger partial charge in [-0.25, -0.2) is 0 Å². The first-order chi connectivity index (χ1) is 22.8. The van der Waals surface area contributed by atoms with E-state index in [0.29, 0.717) is 0 Å². The van der Waals surface area contributed by atoms with E-state index >= 15 is 0 Å². The van der Waals surface area contributed by atoms with Crippen molar-refractivity contribution in [2.45, 2.75) is 0 Å². The first-order valence-electron chi connectivity index (χ1n) is 15.5. The van der Waals surface area contributed by atoms with Crippen molar-refractivity contribution in [2.75, 3.05) is 4.90 Å². The molecule has 9 rings (SSSR count). The molecule has 0 atom stereocenters. The number of rotatable bonds is 5. The number of benzene rings is 7. The molecule has 0 amide bonds. The third-order valence-electron chi connectivity index (χ3n) is 8.89. The van der Waals surface area contributed by atoms with E-state index in [4.69, 9.17) is 0 Å². The molecule has 0 aliphatic heterocycles. The maximum atomic E-state index is 4.67. The number of nitrogens with zero attached hydrogens (tertiary/aromatic N) is 2. The zero-order valence-corrected chi connectivity index (χ0v) is 25.8. The molecule has 0 aliphatic carbocycles. The van der Waals surface area contributed by atoms with Crippen LogP contribution in [0.3, 0.4) is 0 Å². The average Bonchev–Trinajstić information content (AvgIpc) is 3.50. The Balaban J connectivity index is 1.13. The molecule has 0 unspecified atom stereocenters. The first-order valence-corrected chi connectivity index (χ1v) is 16.3. The van der Waals surface area contributed by atoms with Crippen LogP contribution in [-0.4, -0.2) is 4.98 Å². The van der Waals surface area contributed by atoms with Crippen LogP contribution in [0.5, 0.6) is 0 Å². The van der Waals surface area contributed by atoms with E-state index in [1.807, 2.05) is 12.3 Å². The van der Waals surface area contributed by atoms with Gasteiger partial charge < -0.3 is 4.90 Å². The molecular weight excluding hydrogens is 577 g/mol. The molecule has 2 aromatic heterocycles. The van der Waals surface area contributed by atoms with Crippen molar-refractivity contribution in [3.05, 3.63) is 170 Å². The minimum Gasteiger partial charge on any atom is -0.310 e. The van der Waals surface area contributed by atoms with Gasteiger partial charge in [0.15, 0.2) is 0 Å². The van der Waals surface area contributed by atoms with Crippen LogP contribution in [0.25, 0.3) is 64.1 Å². The van der Waals surface area contributed by atoms with E-state index in [-0.39, 0.29) is 0 Å². The minimum atomic E-state index is 1.07. The molecule has 0 bridgehead atoms. The number of aromatic nitrogens is 1. The topological polar surface area (TPSA) is 16.1 Å². The molecule has 46 heavy (non-hydrogen) atoms. The van der Waals surface area contributed by atoms with Crippen molar-refractivity contribution in [2.24, 2.45) is 0 Å². The maximum absolute atomic E-state index is 4.67. The van der Waals surface area contributed by atoms with Gasteiger partial charge in [0.2, 0.25) is 0 Å². The molecule has 7 aromatic carbocycles. The largest absolute Gasteiger partial charge is 0.310 e. The summed E-state index contributed by atoms with van der Waals surface area (Å²) < 4.78 is 2.44. The van der Waals surface area contributed by atoms with E-state index < -0.39 is 0 Å². The van der Waals surface area contributed by atoms with E-state index in [0.717, 1.165) is 22.6 Å². The summed E-state index contributed by atoms with van der Waals surface area (Å²) in [6, 6.07) is 59.2. The van der Waals surface area contributed by atoms with Gasteiger partial charge in [-0.15, -0.1) is 11.3 Å². The van der Waals surface area contributed by atoms with Crippen molar-refractivity contribution in [1.82, 2.24) is 4.98 Å². The fraction of sp³-hybridized carbons (Fsp3) is 0. The smallest absolute Gasteiger partial charge is 0.0888 e. The Kier molecular flexibility index (Phi) is 6.36. The van der Waals surface area contributed by atoms with Crippen LogP contribution < -0.4 is 4.90 Å². The van der Waals surface area contributed by atoms with Crippen LogP contribution in [0.4, 0.5) is 17.1 Å². The Hall–Kier alpha value is -5.77. The number of anilines is 3. The summed E-state index contributed by atoms with van der Waals surface area (Å²) in [4.78, 5) is 7.02. The quantitative estimate of drug-likeness (QED) is 0.194. The van der Waals surface area contributed by atoms with Crippen molar-refractivity contribution < 1.29 is 0 Å². The number of pyridine rings is 1. The predicted molar refractivity (Wildman–Crippen MR) is 198 cm³/mol. The van der Waals surface area contributed by atoms with Gasteiger partial charge in [-0.3, -0.25) is 4.98 Å². The summed E-state index contributed by atoms with van der Waals surface area (Å²) in [6.07, 6.45) is 1.88. The van der Waals surface area contributed by atoms with Gasteiger partial charge in [-0.2, -0.15) is 0 Å². The highest BCUT2D eigenvalue weighted by Gasteiger charge is 2.16. The highest BCUT2D eigenvalue weighted by atomic mass is 32.1. The molecule has 0 aliphatic rings. The Morgan fingerprint density at radius 3 is 1.50 bits per heavy atom. The van der Waals surface area contributed by atoms with Gasteiger partial charge in [0.25, 0.3) is 0 Å². The van der Waals surface area contributed by atoms with Gasteiger partial charge >= 0.3 is 0 Å². The first kappa shape index (κ1) is 26.6. The standard InChI is InChI=1S/C43H28N2S/c1-3-8-33-26-35(13-11-29(33)6-1)31-15-19-37(20-16-31)45(39-23-24-40-42(28-39)46-41-10-5-25-44-43(40)41)38-21-17-32(18-22-38)36-14-12-30-7-2-4-9-34(30)27-36/h1-28H. The summed E-state index contributed by atoms with van der Waals surface area (Å²) in [5.74, 6) is 0. The normalized spacial score (nSPS) is 11.5. The SMILES string of the molecule is c1ccc2cc(-c3ccc(N(c4ccc(-c5ccc6ccccc6c5)cc4)c4ccc5c(c4)sc4cccnc45)cc3)ccc2c1. The van der Waals surface area contributed by atoms with Crippen LogP contribution in [0.1, 0.15) is 0 Å². The Bertz CT molecular complexity index is 2410. The number of thiophene rings is 1. The lowest BCUT2D eigenvalue weighted by Crippen LogP contribution is -2.09. The van der Waals surface area contributed by atoms with Crippen molar-refractivity contribution in [1.29, 1.82) is 0 Å². The van der Waals surface area contributed by atoms with E-state index in [9.17, 15) is 0 Å². The Morgan fingerprint density at radius 2 is 0.913 bits per heavy atom. The van der Waals surface area contributed by atoms with Crippen LogP contribution in [0.15, 0.2) is 170 Å². The molecular formula is C43H28N2S. The summed E-state index contributed by atoms with van der Waals surface area (Å²) >= 11 is 1.80. The molecule has 2 heterocycles. The second-order valence-corrected chi connectivity index (χ2v) is 12.8. The fourth-order valence-corrected chi connectivity index (χ4v) is 7.61. The lowest BCUT2D eigenvalue weighted by atomic mass is 10.00. The summed E-state index contributed by atoms with van der Waals surface area (Å²) in [7, 11) is 0.